The fourth-order valence-corrected chi connectivity index (χ4v) is 4.04. The zero-order valence-corrected chi connectivity index (χ0v) is 18.5. The van der Waals surface area contributed by atoms with Gasteiger partial charge in [-0.05, 0) is 50.3 Å². The first-order valence-electron chi connectivity index (χ1n) is 10.3. The Labute approximate surface area is 181 Å². The van der Waals surface area contributed by atoms with Crippen molar-refractivity contribution in [1.82, 2.24) is 23.6 Å². The third kappa shape index (κ3) is 3.82. The third-order valence-corrected chi connectivity index (χ3v) is 5.76. The van der Waals surface area contributed by atoms with Gasteiger partial charge in [0.25, 0.3) is 5.56 Å². The summed E-state index contributed by atoms with van der Waals surface area (Å²) in [6.07, 6.45) is 1.92. The normalized spacial score (nSPS) is 11.7. The highest BCUT2D eigenvalue weighted by Crippen LogP contribution is 2.15. The molecule has 7 heteroatoms. The molecule has 0 aliphatic heterocycles. The number of fused-ring (bicyclic) bond motifs is 3. The van der Waals surface area contributed by atoms with Gasteiger partial charge in [0.15, 0.2) is 0 Å². The first kappa shape index (κ1) is 20.5. The van der Waals surface area contributed by atoms with Gasteiger partial charge in [-0.25, -0.2) is 4.68 Å². The van der Waals surface area contributed by atoms with Crippen LogP contribution in [-0.4, -0.2) is 30.7 Å². The van der Waals surface area contributed by atoms with E-state index in [0.717, 1.165) is 24.9 Å². The molecule has 0 aliphatic carbocycles. The van der Waals surface area contributed by atoms with E-state index in [1.54, 1.807) is 4.57 Å². The van der Waals surface area contributed by atoms with Crippen LogP contribution in [0.3, 0.4) is 0 Å². The van der Waals surface area contributed by atoms with Crippen molar-refractivity contribution in [3.8, 4) is 0 Å². The van der Waals surface area contributed by atoms with Gasteiger partial charge in [-0.3, -0.25) is 18.7 Å². The Morgan fingerprint density at radius 1 is 1.10 bits per heavy atom. The van der Waals surface area contributed by atoms with Crippen LogP contribution in [0, 0.1) is 11.7 Å². The summed E-state index contributed by atoms with van der Waals surface area (Å²) in [6.45, 7) is 6.18. The molecule has 156 valence electrons. The maximum absolute atomic E-state index is 13.1. The van der Waals surface area contributed by atoms with Gasteiger partial charge in [-0.1, -0.05) is 55.3 Å². The lowest BCUT2D eigenvalue weighted by Crippen LogP contribution is -2.23. The van der Waals surface area contributed by atoms with Crippen LogP contribution in [0.4, 0.5) is 0 Å². The Morgan fingerprint density at radius 2 is 1.83 bits per heavy atom. The number of hydrogen-bond donors (Lipinski definition) is 0. The van der Waals surface area contributed by atoms with Gasteiger partial charge in [-0.2, -0.15) is 0 Å². The first-order chi connectivity index (χ1) is 14.5. The van der Waals surface area contributed by atoms with E-state index in [1.165, 1.54) is 11.1 Å². The molecule has 0 bridgehead atoms. The molecule has 0 unspecified atom stereocenters. The fraction of sp³-hybridized carbons (Fsp3) is 0.348. The average molecular weight is 422 g/mol. The number of hydrogen-bond acceptors (Lipinski definition) is 4. The van der Waals surface area contributed by atoms with Gasteiger partial charge < -0.3 is 0 Å². The van der Waals surface area contributed by atoms with Crippen molar-refractivity contribution >= 4 is 28.9 Å². The van der Waals surface area contributed by atoms with Gasteiger partial charge in [0.05, 0.1) is 17.6 Å². The van der Waals surface area contributed by atoms with E-state index in [4.69, 9.17) is 17.3 Å². The quantitative estimate of drug-likeness (QED) is 0.416. The highest BCUT2D eigenvalue weighted by atomic mass is 32.1. The molecular formula is C23H27N5OS. The van der Waals surface area contributed by atoms with Crippen LogP contribution in [-0.2, 0) is 19.8 Å². The predicted octanol–water partition coefficient (Wildman–Crippen LogP) is 4.38. The Balaban J connectivity index is 1.77. The summed E-state index contributed by atoms with van der Waals surface area (Å²) in [5.41, 5.74) is 3.29. The number of aryl methyl sites for hydroxylation is 2. The van der Waals surface area contributed by atoms with Gasteiger partial charge in [0.1, 0.15) is 0 Å². The Kier molecular flexibility index (Phi) is 5.83. The van der Waals surface area contributed by atoms with Crippen molar-refractivity contribution in [2.24, 2.45) is 0 Å². The molecule has 4 aromatic rings. The lowest BCUT2D eigenvalue weighted by Gasteiger charge is -2.16. The molecular weight excluding hydrogens is 394 g/mol. The zero-order valence-electron chi connectivity index (χ0n) is 17.7. The summed E-state index contributed by atoms with van der Waals surface area (Å²) in [6, 6.07) is 16.2. The van der Waals surface area contributed by atoms with Crippen molar-refractivity contribution in [3.05, 3.63) is 74.8 Å². The monoisotopic (exact) mass is 421 g/mol. The Bertz CT molecular complexity index is 1300. The number of para-hydroxylation sites is 1. The van der Waals surface area contributed by atoms with E-state index in [9.17, 15) is 4.79 Å². The van der Waals surface area contributed by atoms with Crippen molar-refractivity contribution in [3.63, 3.8) is 0 Å². The zero-order chi connectivity index (χ0) is 21.3. The van der Waals surface area contributed by atoms with Gasteiger partial charge in [-0.15, -0.1) is 5.10 Å². The fourth-order valence-electron chi connectivity index (χ4n) is 3.76. The number of benzene rings is 2. The second-order valence-electron chi connectivity index (χ2n) is 7.89. The number of rotatable bonds is 7. The van der Waals surface area contributed by atoms with Crippen LogP contribution in [0.25, 0.3) is 16.7 Å². The molecule has 6 nitrogen and oxygen atoms in total. The minimum atomic E-state index is -0.00768. The Hall–Kier alpha value is -2.77. The molecule has 0 atom stereocenters. The molecule has 2 aromatic heterocycles. The summed E-state index contributed by atoms with van der Waals surface area (Å²) >= 11 is 5.79. The molecule has 2 aromatic carbocycles. The largest absolute Gasteiger partial charge is 0.283 e. The standard InChI is InChI=1S/C23H27N5OS/c1-4-5-14-26-21(29)19-8-6-7-9-20(19)28-22(26)24-27(23(28)30)16-25(3)15-18-12-10-17(2)11-13-18/h6-13H,4-5,14-16H2,1-3H3. The van der Waals surface area contributed by atoms with Crippen LogP contribution in [0.5, 0.6) is 0 Å². The molecule has 2 heterocycles. The molecule has 0 N–H and O–H groups in total. The van der Waals surface area contributed by atoms with Crippen molar-refractivity contribution in [2.45, 2.75) is 46.4 Å². The SMILES string of the molecule is CCCCn1c(=O)c2ccccc2n2c(=S)n(CN(C)Cc3ccc(C)cc3)nc12. The topological polar surface area (TPSA) is 47.5 Å². The van der Waals surface area contributed by atoms with Gasteiger partial charge >= 0.3 is 0 Å². The number of aromatic nitrogens is 4. The summed E-state index contributed by atoms with van der Waals surface area (Å²) in [4.78, 5) is 15.3. The van der Waals surface area contributed by atoms with Crippen molar-refractivity contribution < 1.29 is 0 Å². The number of nitrogens with zero attached hydrogens (tertiary/aromatic N) is 5. The molecule has 0 fully saturated rings. The molecule has 0 aliphatic rings. The summed E-state index contributed by atoms with van der Waals surface area (Å²) in [7, 11) is 2.05. The number of unbranched alkanes of at least 4 members (excludes halogenated alkanes) is 1. The first-order valence-corrected chi connectivity index (χ1v) is 10.8. The van der Waals surface area contributed by atoms with Crippen LogP contribution >= 0.6 is 12.2 Å². The average Bonchev–Trinajstić information content (AvgIpc) is 3.05. The van der Waals surface area contributed by atoms with Crippen LogP contribution < -0.4 is 5.56 Å². The molecule has 4 rings (SSSR count). The summed E-state index contributed by atoms with van der Waals surface area (Å²) in [5, 5.41) is 5.44. The minimum Gasteiger partial charge on any atom is -0.283 e. The maximum Gasteiger partial charge on any atom is 0.262 e. The lowest BCUT2D eigenvalue weighted by atomic mass is 10.1. The Morgan fingerprint density at radius 3 is 2.57 bits per heavy atom. The van der Waals surface area contributed by atoms with Crippen LogP contribution in [0.2, 0.25) is 0 Å². The van der Waals surface area contributed by atoms with E-state index in [2.05, 4.69) is 43.0 Å². The molecule has 0 spiro atoms. The van der Waals surface area contributed by atoms with E-state index >= 15 is 0 Å². The van der Waals surface area contributed by atoms with E-state index in [1.807, 2.05) is 40.4 Å². The van der Waals surface area contributed by atoms with E-state index < -0.39 is 0 Å². The summed E-state index contributed by atoms with van der Waals surface area (Å²) < 4.78 is 6.11. The van der Waals surface area contributed by atoms with Crippen molar-refractivity contribution in [1.29, 1.82) is 0 Å². The van der Waals surface area contributed by atoms with Crippen LogP contribution in [0.15, 0.2) is 53.3 Å². The van der Waals surface area contributed by atoms with Crippen LogP contribution in [0.1, 0.15) is 30.9 Å². The van der Waals surface area contributed by atoms with Crippen molar-refractivity contribution in [2.75, 3.05) is 7.05 Å². The second-order valence-corrected chi connectivity index (χ2v) is 8.25. The third-order valence-electron chi connectivity index (χ3n) is 5.37. The van der Waals surface area contributed by atoms with E-state index in [-0.39, 0.29) is 5.56 Å². The molecule has 0 radical (unpaired) electrons. The maximum atomic E-state index is 13.1. The predicted molar refractivity (Wildman–Crippen MR) is 123 cm³/mol. The van der Waals surface area contributed by atoms with E-state index in [0.29, 0.717) is 29.1 Å². The van der Waals surface area contributed by atoms with Gasteiger partial charge in [0.2, 0.25) is 10.5 Å². The molecule has 0 saturated carbocycles. The highest BCUT2D eigenvalue weighted by molar-refractivity contribution is 7.71. The molecule has 0 saturated heterocycles. The highest BCUT2D eigenvalue weighted by Gasteiger charge is 2.16. The summed E-state index contributed by atoms with van der Waals surface area (Å²) in [5.74, 6) is 0.612. The molecule has 30 heavy (non-hydrogen) atoms. The van der Waals surface area contributed by atoms with Gasteiger partial charge in [0, 0.05) is 13.1 Å². The smallest absolute Gasteiger partial charge is 0.262 e. The minimum absolute atomic E-state index is 0.00768. The second kappa shape index (κ2) is 8.53. The lowest BCUT2D eigenvalue weighted by molar-refractivity contribution is 0.244. The molecule has 0 amide bonds.